The van der Waals surface area contributed by atoms with Crippen LogP contribution in [-0.2, 0) is 9.47 Å². The van der Waals surface area contributed by atoms with E-state index in [0.717, 1.165) is 50.2 Å². The molecule has 4 N–H and O–H groups in total. The molecule has 0 aromatic carbocycles. The highest BCUT2D eigenvalue weighted by Crippen LogP contribution is 2.60. The second kappa shape index (κ2) is 9.27. The molecule has 5 aliphatic rings. The van der Waals surface area contributed by atoms with Gasteiger partial charge in [0.15, 0.2) is 0 Å². The van der Waals surface area contributed by atoms with Crippen LogP contribution in [0.2, 0.25) is 0 Å². The maximum Gasteiger partial charge on any atom is 0.109 e. The van der Waals surface area contributed by atoms with Gasteiger partial charge in [0.25, 0.3) is 0 Å². The third-order valence-corrected chi connectivity index (χ3v) is 7.69. The summed E-state index contributed by atoms with van der Waals surface area (Å²) in [7, 11) is 0. The van der Waals surface area contributed by atoms with Gasteiger partial charge in [0.2, 0.25) is 0 Å². The Morgan fingerprint density at radius 2 is 1.39 bits per heavy atom. The number of unbranched alkanes of at least 4 members (excludes halogenated alkanes) is 2. The van der Waals surface area contributed by atoms with Gasteiger partial charge in [-0.05, 0) is 81.0 Å². The predicted octanol–water partition coefficient (Wildman–Crippen LogP) is 1.46. The van der Waals surface area contributed by atoms with Crippen molar-refractivity contribution in [2.24, 2.45) is 23.2 Å². The van der Waals surface area contributed by atoms with E-state index in [0.29, 0.717) is 18.6 Å². The SMILES string of the molecule is O[C@H]1[C@H](O)[C@@H](COCCCCCOCC23CC4CC(CC(C4)C2)C3)NC[C@@H]1O. The first-order valence-corrected chi connectivity index (χ1v) is 11.5. The Kier molecular flexibility index (Phi) is 6.96. The zero-order valence-electron chi connectivity index (χ0n) is 17.1. The minimum atomic E-state index is -1.10. The summed E-state index contributed by atoms with van der Waals surface area (Å²) in [6, 6.07) is -0.318. The Labute approximate surface area is 169 Å². The molecule has 1 saturated heterocycles. The van der Waals surface area contributed by atoms with E-state index in [1.54, 1.807) is 0 Å². The lowest BCUT2D eigenvalue weighted by Crippen LogP contribution is -2.61. The van der Waals surface area contributed by atoms with Crippen LogP contribution in [0.4, 0.5) is 0 Å². The first-order chi connectivity index (χ1) is 13.5. The lowest BCUT2D eigenvalue weighted by Gasteiger charge is -2.56. The van der Waals surface area contributed by atoms with E-state index in [1.165, 1.54) is 38.5 Å². The fourth-order valence-electron chi connectivity index (χ4n) is 6.69. The van der Waals surface area contributed by atoms with E-state index in [4.69, 9.17) is 9.47 Å². The number of piperidine rings is 1. The Morgan fingerprint density at radius 1 is 0.786 bits per heavy atom. The fourth-order valence-corrected chi connectivity index (χ4v) is 6.69. The summed E-state index contributed by atoms with van der Waals surface area (Å²) in [4.78, 5) is 0. The van der Waals surface area contributed by atoms with Crippen LogP contribution in [0.3, 0.4) is 0 Å². The molecular formula is C22H39NO5. The number of β-amino-alcohol motifs (C(OH)–C–C–N with tert-alkyl or cyclic N) is 1. The van der Waals surface area contributed by atoms with Crippen LogP contribution in [0, 0.1) is 23.2 Å². The van der Waals surface area contributed by atoms with E-state index in [2.05, 4.69) is 5.32 Å². The molecule has 5 fully saturated rings. The molecule has 0 aromatic rings. The topological polar surface area (TPSA) is 91.2 Å². The molecule has 4 bridgehead atoms. The third kappa shape index (κ3) is 4.90. The maximum atomic E-state index is 9.93. The summed E-state index contributed by atoms with van der Waals surface area (Å²) in [6.45, 7) is 3.13. The molecule has 0 radical (unpaired) electrons. The fraction of sp³-hybridized carbons (Fsp3) is 1.00. The van der Waals surface area contributed by atoms with Crippen molar-refractivity contribution in [2.75, 3.05) is 33.0 Å². The molecule has 6 nitrogen and oxygen atoms in total. The average Bonchev–Trinajstić information content (AvgIpc) is 2.65. The Hall–Kier alpha value is -0.240. The van der Waals surface area contributed by atoms with Crippen LogP contribution in [0.25, 0.3) is 0 Å². The summed E-state index contributed by atoms with van der Waals surface area (Å²) in [5.41, 5.74) is 0.518. The van der Waals surface area contributed by atoms with Crippen molar-refractivity contribution in [1.29, 1.82) is 0 Å². The molecule has 5 rings (SSSR count). The zero-order valence-corrected chi connectivity index (χ0v) is 17.1. The molecule has 0 amide bonds. The van der Waals surface area contributed by atoms with Gasteiger partial charge in [0.05, 0.1) is 31.5 Å². The van der Waals surface area contributed by atoms with Crippen molar-refractivity contribution >= 4 is 0 Å². The maximum absolute atomic E-state index is 9.93. The van der Waals surface area contributed by atoms with Crippen molar-refractivity contribution in [2.45, 2.75) is 82.1 Å². The zero-order chi connectivity index (χ0) is 19.6. The van der Waals surface area contributed by atoms with Gasteiger partial charge in [-0.2, -0.15) is 0 Å². The van der Waals surface area contributed by atoms with Gasteiger partial charge >= 0.3 is 0 Å². The van der Waals surface area contributed by atoms with Crippen molar-refractivity contribution < 1.29 is 24.8 Å². The molecule has 28 heavy (non-hydrogen) atoms. The largest absolute Gasteiger partial charge is 0.389 e. The normalized spacial score (nSPS) is 44.9. The number of aliphatic hydroxyl groups is 3. The third-order valence-electron chi connectivity index (χ3n) is 7.69. The number of rotatable bonds is 10. The molecule has 1 aliphatic heterocycles. The summed E-state index contributed by atoms with van der Waals surface area (Å²) in [5, 5.41) is 32.1. The van der Waals surface area contributed by atoms with E-state index in [-0.39, 0.29) is 12.6 Å². The van der Waals surface area contributed by atoms with Crippen LogP contribution in [0.1, 0.15) is 57.8 Å². The van der Waals surface area contributed by atoms with Crippen LogP contribution >= 0.6 is 0 Å². The summed E-state index contributed by atoms with van der Waals surface area (Å²) >= 11 is 0. The second-order valence-corrected chi connectivity index (χ2v) is 10.2. The highest BCUT2D eigenvalue weighted by molar-refractivity contribution is 5.01. The van der Waals surface area contributed by atoms with Crippen molar-refractivity contribution in [3.05, 3.63) is 0 Å². The molecule has 162 valence electrons. The van der Waals surface area contributed by atoms with Crippen molar-refractivity contribution in [3.8, 4) is 0 Å². The Bertz CT molecular complexity index is 466. The molecule has 0 unspecified atom stereocenters. The summed E-state index contributed by atoms with van der Waals surface area (Å²) in [6.07, 6.45) is 8.87. The minimum absolute atomic E-state index is 0.285. The number of nitrogens with one attached hydrogen (secondary N) is 1. The molecule has 1 heterocycles. The molecular weight excluding hydrogens is 358 g/mol. The molecule has 0 aromatic heterocycles. The van der Waals surface area contributed by atoms with E-state index < -0.39 is 18.3 Å². The quantitative estimate of drug-likeness (QED) is 0.417. The van der Waals surface area contributed by atoms with Gasteiger partial charge in [-0.3, -0.25) is 0 Å². The molecule has 4 aliphatic carbocycles. The number of hydrogen-bond acceptors (Lipinski definition) is 6. The van der Waals surface area contributed by atoms with Crippen LogP contribution in [0.5, 0.6) is 0 Å². The van der Waals surface area contributed by atoms with Crippen molar-refractivity contribution in [1.82, 2.24) is 5.32 Å². The van der Waals surface area contributed by atoms with Gasteiger partial charge in [-0.25, -0.2) is 0 Å². The van der Waals surface area contributed by atoms with Crippen LogP contribution in [-0.4, -0.2) is 72.6 Å². The van der Waals surface area contributed by atoms with E-state index in [1.807, 2.05) is 0 Å². The molecule has 0 spiro atoms. The van der Waals surface area contributed by atoms with Gasteiger partial charge < -0.3 is 30.1 Å². The predicted molar refractivity (Wildman–Crippen MR) is 106 cm³/mol. The lowest BCUT2D eigenvalue weighted by molar-refractivity contribution is -0.105. The first kappa shape index (κ1) is 21.0. The highest BCUT2D eigenvalue weighted by atomic mass is 16.5. The van der Waals surface area contributed by atoms with Gasteiger partial charge in [0.1, 0.15) is 6.10 Å². The van der Waals surface area contributed by atoms with Crippen molar-refractivity contribution in [3.63, 3.8) is 0 Å². The summed E-state index contributed by atoms with van der Waals surface area (Å²) < 4.78 is 11.8. The molecule has 6 heteroatoms. The van der Waals surface area contributed by atoms with E-state index >= 15 is 0 Å². The monoisotopic (exact) mass is 397 g/mol. The van der Waals surface area contributed by atoms with Gasteiger partial charge in [-0.15, -0.1) is 0 Å². The molecule has 4 saturated carbocycles. The van der Waals surface area contributed by atoms with Gasteiger partial charge in [-0.1, -0.05) is 0 Å². The second-order valence-electron chi connectivity index (χ2n) is 10.2. The first-order valence-electron chi connectivity index (χ1n) is 11.5. The van der Waals surface area contributed by atoms with Gasteiger partial charge in [0, 0.05) is 19.8 Å². The number of hydrogen-bond donors (Lipinski definition) is 4. The average molecular weight is 398 g/mol. The Morgan fingerprint density at radius 3 is 2.04 bits per heavy atom. The van der Waals surface area contributed by atoms with Crippen LogP contribution in [0.15, 0.2) is 0 Å². The van der Waals surface area contributed by atoms with E-state index in [9.17, 15) is 15.3 Å². The Balaban J connectivity index is 1.02. The lowest BCUT2D eigenvalue weighted by atomic mass is 9.50. The minimum Gasteiger partial charge on any atom is -0.389 e. The summed E-state index contributed by atoms with van der Waals surface area (Å²) in [5.74, 6) is 2.98. The smallest absolute Gasteiger partial charge is 0.109 e. The van der Waals surface area contributed by atoms with Crippen LogP contribution < -0.4 is 5.32 Å². The molecule has 4 atom stereocenters. The standard InChI is InChI=1S/C22H39NO5/c24-19-12-23-18(20(25)21(19)26)13-27-4-2-1-3-5-28-14-22-9-15-6-16(10-22)8-17(7-15)11-22/h15-21,23-26H,1-14H2/t15?,16?,17?,18-,19+,20-,21-,22?/m1/s1. The number of aliphatic hydroxyl groups excluding tert-OH is 3. The number of ether oxygens (including phenoxy) is 2. The highest BCUT2D eigenvalue weighted by Gasteiger charge is 2.50.